The van der Waals surface area contributed by atoms with Crippen LogP contribution in [0.4, 0.5) is 0 Å². The van der Waals surface area contributed by atoms with Gasteiger partial charge in [-0.05, 0) is 12.8 Å². The van der Waals surface area contributed by atoms with Gasteiger partial charge in [0.05, 0.1) is 0 Å². The van der Waals surface area contributed by atoms with Gasteiger partial charge < -0.3 is 0 Å². The molecule has 0 bridgehead atoms. The predicted molar refractivity (Wildman–Crippen MR) is 63.1 cm³/mol. The summed E-state index contributed by atoms with van der Waals surface area (Å²) >= 11 is 0. The molecule has 0 rings (SSSR count). The van der Waals surface area contributed by atoms with Gasteiger partial charge in [0.2, 0.25) is 0 Å². The van der Waals surface area contributed by atoms with Crippen LogP contribution >= 0.6 is 0 Å². The van der Waals surface area contributed by atoms with Crippen LogP contribution < -0.4 is 5.73 Å². The highest BCUT2D eigenvalue weighted by Crippen LogP contribution is 2.10. The van der Waals surface area contributed by atoms with Crippen LogP contribution in [0.5, 0.6) is 0 Å². The monoisotopic (exact) mass is 195 g/mol. The molecule has 0 saturated carbocycles. The second-order valence-electron chi connectivity index (χ2n) is 4.00. The second-order valence-corrected chi connectivity index (χ2v) is 4.00. The molecule has 0 aromatic heterocycles. The van der Waals surface area contributed by atoms with Crippen molar-refractivity contribution < 1.29 is 0 Å². The molecule has 1 nitrogen and oxygen atoms in total. The minimum Gasteiger partial charge on any atom is -0.160 e. The van der Waals surface area contributed by atoms with Crippen molar-refractivity contribution in [3.05, 3.63) is 12.3 Å². The van der Waals surface area contributed by atoms with Gasteiger partial charge in [-0.15, -0.1) is 0 Å². The molecule has 0 saturated heterocycles. The molecule has 0 amide bonds. The number of allylic oxidation sites excluding steroid dienone is 1. The molecule has 0 heterocycles. The van der Waals surface area contributed by atoms with Gasteiger partial charge in [-0.1, -0.05) is 64.4 Å². The molecule has 82 valence electrons. The summed E-state index contributed by atoms with van der Waals surface area (Å²) in [6.45, 7) is 2.26. The maximum absolute atomic E-state index is 8.41. The van der Waals surface area contributed by atoms with Crippen LogP contribution in [0.15, 0.2) is 12.3 Å². The smallest absolute Gasteiger partial charge is 0.0455 e. The van der Waals surface area contributed by atoms with Crippen LogP contribution in [0.3, 0.4) is 0 Å². The van der Waals surface area contributed by atoms with Crippen molar-refractivity contribution in [2.45, 2.75) is 71.1 Å². The molecule has 0 atom stereocenters. The van der Waals surface area contributed by atoms with E-state index >= 15 is 0 Å². The van der Waals surface area contributed by atoms with Gasteiger partial charge in [0.15, 0.2) is 0 Å². The van der Waals surface area contributed by atoms with E-state index in [0.29, 0.717) is 0 Å². The zero-order valence-electron chi connectivity index (χ0n) is 9.67. The Morgan fingerprint density at radius 2 is 1.29 bits per heavy atom. The summed E-state index contributed by atoms with van der Waals surface area (Å²) < 4.78 is 0. The van der Waals surface area contributed by atoms with E-state index < -0.39 is 0 Å². The summed E-state index contributed by atoms with van der Waals surface area (Å²) in [6.07, 6.45) is 16.3. The Balaban J connectivity index is 2.85. The Labute approximate surface area is 89.8 Å². The summed E-state index contributed by atoms with van der Waals surface area (Å²) in [5.74, 6) is 0. The summed E-state index contributed by atoms with van der Waals surface area (Å²) in [5.41, 5.74) is 8.41. The van der Waals surface area contributed by atoms with Crippen LogP contribution in [-0.2, 0) is 0 Å². The van der Waals surface area contributed by atoms with Crippen LogP contribution in [0.2, 0.25) is 0 Å². The lowest BCUT2D eigenvalue weighted by molar-refractivity contribution is 0.566. The minimum absolute atomic E-state index is 1.03. The predicted octanol–water partition coefficient (Wildman–Crippen LogP) is 4.49. The van der Waals surface area contributed by atoms with Crippen molar-refractivity contribution in [3.8, 4) is 0 Å². The maximum Gasteiger partial charge on any atom is 0.0455 e. The highest BCUT2D eigenvalue weighted by molar-refractivity contribution is 4.74. The van der Waals surface area contributed by atoms with Crippen molar-refractivity contribution in [1.29, 1.82) is 0 Å². The molecule has 1 heteroatoms. The number of nitrogens with zero attached hydrogens (tertiary/aromatic N) is 1. The molecule has 14 heavy (non-hydrogen) atoms. The SMILES string of the molecule is CCCCCCCCCCCC=C[N]. The van der Waals surface area contributed by atoms with Crippen molar-refractivity contribution in [2.24, 2.45) is 0 Å². The summed E-state index contributed by atoms with van der Waals surface area (Å²) in [7, 11) is 0. The van der Waals surface area contributed by atoms with E-state index in [1.54, 1.807) is 0 Å². The Kier molecular flexibility index (Phi) is 12.1. The van der Waals surface area contributed by atoms with Crippen LogP contribution in [-0.4, -0.2) is 0 Å². The van der Waals surface area contributed by atoms with Gasteiger partial charge in [-0.2, -0.15) is 5.73 Å². The molecular formula is C13H25N. The summed E-state index contributed by atoms with van der Waals surface area (Å²) in [4.78, 5) is 0. The first-order chi connectivity index (χ1) is 6.91. The fourth-order valence-corrected chi connectivity index (χ4v) is 1.65. The van der Waals surface area contributed by atoms with E-state index in [1.807, 2.05) is 6.08 Å². The molecule has 0 aliphatic carbocycles. The van der Waals surface area contributed by atoms with Gasteiger partial charge >= 0.3 is 0 Å². The lowest BCUT2D eigenvalue weighted by atomic mass is 10.1. The highest BCUT2D eigenvalue weighted by Gasteiger charge is 1.90. The minimum atomic E-state index is 1.03. The average molecular weight is 195 g/mol. The number of hydrogen-bond donors (Lipinski definition) is 0. The molecule has 0 aliphatic rings. The second kappa shape index (κ2) is 12.5. The average Bonchev–Trinajstić information content (AvgIpc) is 2.21. The number of rotatable bonds is 10. The Morgan fingerprint density at radius 1 is 0.786 bits per heavy atom. The molecule has 0 aromatic rings. The van der Waals surface area contributed by atoms with E-state index in [4.69, 9.17) is 5.73 Å². The third kappa shape index (κ3) is 11.5. The first kappa shape index (κ1) is 13.5. The quantitative estimate of drug-likeness (QED) is 0.458. The Hall–Kier alpha value is -0.460. The Bertz CT molecular complexity index is 118. The normalized spacial score (nSPS) is 11.2. The fraction of sp³-hybridized carbons (Fsp3) is 0.846. The van der Waals surface area contributed by atoms with E-state index in [0.717, 1.165) is 12.6 Å². The standard InChI is InChI=1S/C13H25N/c1-2-3-4-5-6-7-8-9-10-11-12-13-14/h12-13H,2-11H2,1H3. The maximum atomic E-state index is 8.41. The molecule has 0 aliphatic heterocycles. The van der Waals surface area contributed by atoms with Crippen molar-refractivity contribution in [1.82, 2.24) is 5.73 Å². The number of unbranched alkanes of at least 4 members (excludes halogenated alkanes) is 9. The van der Waals surface area contributed by atoms with Crippen molar-refractivity contribution in [3.63, 3.8) is 0 Å². The highest BCUT2D eigenvalue weighted by atomic mass is 14.5. The third-order valence-corrected chi connectivity index (χ3v) is 2.58. The Morgan fingerprint density at radius 3 is 1.79 bits per heavy atom. The van der Waals surface area contributed by atoms with E-state index in [1.165, 1.54) is 57.8 Å². The van der Waals surface area contributed by atoms with Crippen LogP contribution in [0.1, 0.15) is 71.1 Å². The summed E-state index contributed by atoms with van der Waals surface area (Å²) in [6, 6.07) is 0. The third-order valence-electron chi connectivity index (χ3n) is 2.58. The molecular weight excluding hydrogens is 170 g/mol. The zero-order valence-corrected chi connectivity index (χ0v) is 9.67. The fourth-order valence-electron chi connectivity index (χ4n) is 1.65. The lowest BCUT2D eigenvalue weighted by Gasteiger charge is -2.00. The van der Waals surface area contributed by atoms with Gasteiger partial charge in [0.25, 0.3) is 0 Å². The van der Waals surface area contributed by atoms with E-state index in [2.05, 4.69) is 6.92 Å². The largest absolute Gasteiger partial charge is 0.160 e. The first-order valence-electron chi connectivity index (χ1n) is 6.21. The van der Waals surface area contributed by atoms with Crippen LogP contribution in [0.25, 0.3) is 0 Å². The van der Waals surface area contributed by atoms with E-state index in [-0.39, 0.29) is 0 Å². The van der Waals surface area contributed by atoms with Gasteiger partial charge in [0.1, 0.15) is 0 Å². The van der Waals surface area contributed by atoms with Crippen molar-refractivity contribution >= 4 is 0 Å². The zero-order chi connectivity index (χ0) is 10.5. The van der Waals surface area contributed by atoms with Gasteiger partial charge in [0, 0.05) is 6.20 Å². The topological polar surface area (TPSA) is 22.3 Å². The first-order valence-corrected chi connectivity index (χ1v) is 6.21. The van der Waals surface area contributed by atoms with Crippen LogP contribution in [0, 0.1) is 0 Å². The van der Waals surface area contributed by atoms with Gasteiger partial charge in [-0.3, -0.25) is 0 Å². The molecule has 0 unspecified atom stereocenters. The van der Waals surface area contributed by atoms with E-state index in [9.17, 15) is 0 Å². The molecule has 2 radical (unpaired) electrons. The lowest BCUT2D eigenvalue weighted by Crippen LogP contribution is -1.80. The molecule has 0 N–H and O–H groups in total. The van der Waals surface area contributed by atoms with Gasteiger partial charge in [-0.25, -0.2) is 0 Å². The molecule has 0 fully saturated rings. The van der Waals surface area contributed by atoms with Crippen molar-refractivity contribution in [2.75, 3.05) is 0 Å². The summed E-state index contributed by atoms with van der Waals surface area (Å²) in [5, 5.41) is 0. The molecule has 0 aromatic carbocycles. The molecule has 0 spiro atoms. The number of hydrogen-bond acceptors (Lipinski definition) is 0.